The summed E-state index contributed by atoms with van der Waals surface area (Å²) in [7, 11) is -0.245. The minimum atomic E-state index is -0.255. The van der Waals surface area contributed by atoms with Crippen LogP contribution in [0.3, 0.4) is 0 Å². The summed E-state index contributed by atoms with van der Waals surface area (Å²) in [6.45, 7) is 9.14. The van der Waals surface area contributed by atoms with E-state index in [2.05, 4.69) is 33.8 Å². The second kappa shape index (κ2) is 4.75. The summed E-state index contributed by atoms with van der Waals surface area (Å²) < 4.78 is 17.4. The highest BCUT2D eigenvalue weighted by Gasteiger charge is 2.50. The van der Waals surface area contributed by atoms with E-state index in [0.29, 0.717) is 0 Å². The van der Waals surface area contributed by atoms with E-state index in [1.165, 1.54) is 12.8 Å². The van der Waals surface area contributed by atoms with Gasteiger partial charge in [-0.2, -0.15) is 0 Å². The zero-order valence-electron chi connectivity index (χ0n) is 11.4. The molecule has 1 unspecified atom stereocenters. The number of hydrogen-bond acceptors (Lipinski definition) is 3. The van der Waals surface area contributed by atoms with E-state index in [1.807, 2.05) is 5.98 Å². The minimum absolute atomic E-state index is 0.239. The van der Waals surface area contributed by atoms with Crippen LogP contribution in [0, 0.1) is 0 Å². The topological polar surface area (TPSA) is 27.7 Å². The van der Waals surface area contributed by atoms with Gasteiger partial charge in [0, 0.05) is 6.61 Å². The van der Waals surface area contributed by atoms with E-state index in [4.69, 9.17) is 14.0 Å². The van der Waals surface area contributed by atoms with Crippen LogP contribution < -0.4 is 0 Å². The molecule has 2 aliphatic rings. The summed E-state index contributed by atoms with van der Waals surface area (Å²) in [5.74, 6) is 1.99. The van der Waals surface area contributed by atoms with Crippen molar-refractivity contribution in [1.29, 1.82) is 0 Å². The van der Waals surface area contributed by atoms with E-state index in [1.54, 1.807) is 0 Å². The summed E-state index contributed by atoms with van der Waals surface area (Å²) in [6, 6.07) is 0. The Balaban J connectivity index is 1.90. The molecule has 2 rings (SSSR count). The van der Waals surface area contributed by atoms with Gasteiger partial charge in [0.05, 0.1) is 17.3 Å². The Morgan fingerprint density at radius 2 is 1.71 bits per heavy atom. The van der Waals surface area contributed by atoms with Gasteiger partial charge in [-0.3, -0.25) is 0 Å². The Labute approximate surface area is 105 Å². The zero-order chi connectivity index (χ0) is 12.5. The van der Waals surface area contributed by atoms with Crippen molar-refractivity contribution in [2.75, 3.05) is 6.61 Å². The van der Waals surface area contributed by atoms with Gasteiger partial charge in [0.25, 0.3) is 0 Å². The van der Waals surface area contributed by atoms with Crippen molar-refractivity contribution in [1.82, 2.24) is 0 Å². The molecule has 0 aromatic carbocycles. The normalized spacial score (nSPS) is 32.2. The molecule has 2 aliphatic heterocycles. The number of ether oxygens (including phenoxy) is 1. The van der Waals surface area contributed by atoms with E-state index in [-0.39, 0.29) is 24.4 Å². The largest absolute Gasteiger partial charge is 0.486 e. The molecule has 0 aliphatic carbocycles. The Morgan fingerprint density at radius 3 is 2.24 bits per heavy atom. The van der Waals surface area contributed by atoms with E-state index < -0.39 is 0 Å². The zero-order valence-corrected chi connectivity index (χ0v) is 11.4. The van der Waals surface area contributed by atoms with Crippen LogP contribution in [-0.2, 0) is 14.0 Å². The van der Waals surface area contributed by atoms with Gasteiger partial charge in [-0.15, -0.1) is 0 Å². The Kier molecular flexibility index (Phi) is 3.67. The maximum atomic E-state index is 5.89. The molecule has 0 spiro atoms. The van der Waals surface area contributed by atoms with Crippen molar-refractivity contribution >= 4 is 7.12 Å². The standard InChI is InChI=1S/C13H23BO3/c1-12(2)13(3,4)17-14(16-12)9-8-11-7-5-6-10-15-11/h8-9,11H,5-7,10H2,1-4H3. The fraction of sp³-hybridized carbons (Fsp3) is 0.846. The quantitative estimate of drug-likeness (QED) is 0.692. The van der Waals surface area contributed by atoms with Gasteiger partial charge in [-0.05, 0) is 47.0 Å². The molecule has 0 aromatic heterocycles. The lowest BCUT2D eigenvalue weighted by Gasteiger charge is -2.32. The van der Waals surface area contributed by atoms with Gasteiger partial charge in [0.1, 0.15) is 0 Å². The van der Waals surface area contributed by atoms with Gasteiger partial charge in [0.15, 0.2) is 0 Å². The van der Waals surface area contributed by atoms with Crippen LogP contribution in [0.25, 0.3) is 0 Å². The van der Waals surface area contributed by atoms with Crippen LogP contribution >= 0.6 is 0 Å². The van der Waals surface area contributed by atoms with Crippen LogP contribution in [0.4, 0.5) is 0 Å². The predicted octanol–water partition coefficient (Wildman–Crippen LogP) is 2.74. The molecule has 1 atom stereocenters. The monoisotopic (exact) mass is 238 g/mol. The molecule has 0 bridgehead atoms. The molecule has 0 aromatic rings. The molecule has 2 saturated heterocycles. The summed E-state index contributed by atoms with van der Waals surface area (Å²) in [5.41, 5.74) is -0.509. The van der Waals surface area contributed by atoms with Crippen molar-refractivity contribution in [2.45, 2.75) is 64.3 Å². The molecule has 2 fully saturated rings. The van der Waals surface area contributed by atoms with Gasteiger partial charge in [-0.25, -0.2) is 0 Å². The lowest BCUT2D eigenvalue weighted by atomic mass is 9.89. The first-order valence-corrected chi connectivity index (χ1v) is 6.56. The smallest absolute Gasteiger partial charge is 0.400 e. The first-order valence-electron chi connectivity index (χ1n) is 6.56. The molecule has 96 valence electrons. The molecule has 0 N–H and O–H groups in total. The third-order valence-electron chi connectivity index (χ3n) is 3.97. The SMILES string of the molecule is CC1(C)OB(C=CC2CCCCO2)OC1(C)C. The summed E-state index contributed by atoms with van der Waals surface area (Å²) >= 11 is 0. The Bertz CT molecular complexity index is 277. The lowest BCUT2D eigenvalue weighted by Crippen LogP contribution is -2.41. The maximum absolute atomic E-state index is 5.89. The van der Waals surface area contributed by atoms with Crippen LogP contribution in [0.1, 0.15) is 47.0 Å². The minimum Gasteiger partial charge on any atom is -0.400 e. The van der Waals surface area contributed by atoms with Crippen molar-refractivity contribution in [3.63, 3.8) is 0 Å². The molecule has 4 heteroatoms. The summed E-state index contributed by atoms with van der Waals surface area (Å²) in [5, 5.41) is 0. The summed E-state index contributed by atoms with van der Waals surface area (Å²) in [4.78, 5) is 0. The van der Waals surface area contributed by atoms with Gasteiger partial charge in [-0.1, -0.05) is 12.1 Å². The highest BCUT2D eigenvalue weighted by atomic mass is 16.7. The fourth-order valence-electron chi connectivity index (χ4n) is 2.10. The lowest BCUT2D eigenvalue weighted by molar-refractivity contribution is 0.00578. The Hall–Kier alpha value is -0.315. The van der Waals surface area contributed by atoms with Crippen LogP contribution in [0.5, 0.6) is 0 Å². The molecule has 3 nitrogen and oxygen atoms in total. The number of rotatable bonds is 2. The van der Waals surface area contributed by atoms with Crippen molar-refractivity contribution in [3.8, 4) is 0 Å². The molecule has 0 saturated carbocycles. The third kappa shape index (κ3) is 2.93. The van der Waals surface area contributed by atoms with Crippen molar-refractivity contribution in [2.24, 2.45) is 0 Å². The molecule has 2 heterocycles. The molecule has 0 amide bonds. The van der Waals surface area contributed by atoms with E-state index in [0.717, 1.165) is 13.0 Å². The van der Waals surface area contributed by atoms with Crippen molar-refractivity contribution < 1.29 is 14.0 Å². The second-order valence-electron chi connectivity index (χ2n) is 5.91. The Morgan fingerprint density at radius 1 is 1.06 bits per heavy atom. The average molecular weight is 238 g/mol. The molecular weight excluding hydrogens is 215 g/mol. The van der Waals surface area contributed by atoms with Crippen molar-refractivity contribution in [3.05, 3.63) is 12.1 Å². The van der Waals surface area contributed by atoms with E-state index >= 15 is 0 Å². The van der Waals surface area contributed by atoms with Crippen LogP contribution in [0.2, 0.25) is 0 Å². The maximum Gasteiger partial charge on any atom is 0.486 e. The van der Waals surface area contributed by atoms with Gasteiger partial charge in [0.2, 0.25) is 0 Å². The highest BCUT2D eigenvalue weighted by Crippen LogP contribution is 2.36. The van der Waals surface area contributed by atoms with Gasteiger partial charge >= 0.3 is 7.12 Å². The molecular formula is C13H23BO3. The average Bonchev–Trinajstić information content (AvgIpc) is 2.46. The second-order valence-corrected chi connectivity index (χ2v) is 5.91. The fourth-order valence-corrected chi connectivity index (χ4v) is 2.10. The highest BCUT2D eigenvalue weighted by molar-refractivity contribution is 6.51. The molecule has 0 radical (unpaired) electrons. The number of hydrogen-bond donors (Lipinski definition) is 0. The van der Waals surface area contributed by atoms with Gasteiger partial charge < -0.3 is 14.0 Å². The first-order chi connectivity index (χ1) is 7.91. The molecule has 17 heavy (non-hydrogen) atoms. The van der Waals surface area contributed by atoms with Crippen LogP contribution in [-0.4, -0.2) is 31.0 Å². The summed E-state index contributed by atoms with van der Waals surface area (Å²) in [6.07, 6.45) is 5.86. The first kappa shape index (κ1) is 13.1. The third-order valence-corrected chi connectivity index (χ3v) is 3.97. The van der Waals surface area contributed by atoms with E-state index in [9.17, 15) is 0 Å². The van der Waals surface area contributed by atoms with Crippen LogP contribution in [0.15, 0.2) is 12.1 Å². The predicted molar refractivity (Wildman–Crippen MR) is 68.8 cm³/mol.